The third-order valence-corrected chi connectivity index (χ3v) is 11.1. The second kappa shape index (κ2) is 12.5. The Kier molecular flexibility index (Phi) is 9.51. The third-order valence-electron chi connectivity index (χ3n) is 9.13. The SMILES string of the molecule is C=CCN(CCCCC)C(=O)C1N([C@@H](CC)CO)C(=O)[C@@H]2[C@H](C(=O)N(CC=C)c3ccccc3)[C@]3(C)CCC12S3. The molecule has 218 valence electrons. The highest BCUT2D eigenvalue weighted by molar-refractivity contribution is 8.02. The van der Waals surface area contributed by atoms with Crippen molar-refractivity contribution in [3.8, 4) is 0 Å². The molecule has 3 fully saturated rings. The second-order valence-corrected chi connectivity index (χ2v) is 13.5. The van der Waals surface area contributed by atoms with Crippen molar-refractivity contribution < 1.29 is 19.5 Å². The van der Waals surface area contributed by atoms with Gasteiger partial charge in [0.05, 0.1) is 29.2 Å². The minimum absolute atomic E-state index is 0.0883. The molecule has 2 unspecified atom stereocenters. The standard InChI is InChI=1S/C32H45N3O4S/c1-6-10-14-21-33(19-7-2)30(39)27-32-18-17-31(5,40-32)25(26(32)29(38)35(27)23(9-4)22-36)28(37)34(20-8-3)24-15-12-11-13-16-24/h7-8,11-13,15-16,23,25-27,36H,2-3,6,9-10,14,17-22H2,1,4-5H3/t23-,25+,26-,27?,31-,32?/m0/s1. The van der Waals surface area contributed by atoms with Crippen molar-refractivity contribution in [2.45, 2.75) is 80.9 Å². The number of aliphatic hydroxyl groups is 1. The number of fused-ring (bicyclic) bond motifs is 1. The van der Waals surface area contributed by atoms with Crippen molar-refractivity contribution in [1.82, 2.24) is 9.80 Å². The molecule has 0 radical (unpaired) electrons. The average Bonchev–Trinajstić information content (AvgIpc) is 3.53. The van der Waals surface area contributed by atoms with Crippen LogP contribution < -0.4 is 4.90 Å². The van der Waals surface area contributed by atoms with Crippen LogP contribution in [0.1, 0.15) is 59.3 Å². The topological polar surface area (TPSA) is 81.2 Å². The molecule has 1 spiro atoms. The zero-order chi connectivity index (χ0) is 29.1. The summed E-state index contributed by atoms with van der Waals surface area (Å²) in [6.45, 7) is 15.0. The van der Waals surface area contributed by atoms with E-state index in [2.05, 4.69) is 27.0 Å². The molecule has 7 nitrogen and oxygen atoms in total. The van der Waals surface area contributed by atoms with Crippen molar-refractivity contribution in [3.63, 3.8) is 0 Å². The molecule has 40 heavy (non-hydrogen) atoms. The number of thioether (sulfide) groups is 1. The number of benzene rings is 1. The van der Waals surface area contributed by atoms with Gasteiger partial charge in [0.25, 0.3) is 0 Å². The van der Waals surface area contributed by atoms with Crippen LogP contribution in [0.25, 0.3) is 0 Å². The number of nitrogens with zero attached hydrogens (tertiary/aromatic N) is 3. The molecule has 3 aliphatic heterocycles. The number of anilines is 1. The summed E-state index contributed by atoms with van der Waals surface area (Å²) in [7, 11) is 0. The van der Waals surface area contributed by atoms with Crippen LogP contribution in [-0.2, 0) is 14.4 Å². The molecule has 3 heterocycles. The van der Waals surface area contributed by atoms with Crippen LogP contribution in [0, 0.1) is 11.8 Å². The van der Waals surface area contributed by atoms with Crippen LogP contribution in [0.5, 0.6) is 0 Å². The van der Waals surface area contributed by atoms with Crippen molar-refractivity contribution in [2.75, 3.05) is 31.1 Å². The van der Waals surface area contributed by atoms with E-state index in [0.717, 1.165) is 31.4 Å². The van der Waals surface area contributed by atoms with Crippen LogP contribution in [-0.4, -0.2) is 80.4 Å². The fourth-order valence-corrected chi connectivity index (χ4v) is 9.56. The molecule has 4 rings (SSSR count). The first-order valence-corrected chi connectivity index (χ1v) is 15.6. The van der Waals surface area contributed by atoms with E-state index in [1.54, 1.807) is 33.7 Å². The summed E-state index contributed by atoms with van der Waals surface area (Å²) in [4.78, 5) is 48.6. The van der Waals surface area contributed by atoms with Gasteiger partial charge in [0.15, 0.2) is 0 Å². The number of unbranched alkanes of at least 4 members (excludes halogenated alkanes) is 2. The van der Waals surface area contributed by atoms with Gasteiger partial charge >= 0.3 is 0 Å². The lowest BCUT2D eigenvalue weighted by molar-refractivity contribution is -0.146. The fraction of sp³-hybridized carbons (Fsp3) is 0.594. The van der Waals surface area contributed by atoms with Gasteiger partial charge in [-0.1, -0.05) is 57.0 Å². The number of aliphatic hydroxyl groups excluding tert-OH is 1. The first-order chi connectivity index (χ1) is 19.2. The van der Waals surface area contributed by atoms with Gasteiger partial charge in [-0.25, -0.2) is 0 Å². The highest BCUT2D eigenvalue weighted by Gasteiger charge is 2.78. The number of likely N-dealkylation sites (tertiary alicyclic amines) is 1. The minimum atomic E-state index is -0.724. The van der Waals surface area contributed by atoms with Gasteiger partial charge in [-0.2, -0.15) is 0 Å². The number of hydrogen-bond acceptors (Lipinski definition) is 5. The quantitative estimate of drug-likeness (QED) is 0.261. The summed E-state index contributed by atoms with van der Waals surface area (Å²) < 4.78 is -1.19. The molecule has 0 aromatic heterocycles. The molecule has 0 saturated carbocycles. The predicted octanol–water partition coefficient (Wildman–Crippen LogP) is 4.66. The first-order valence-electron chi connectivity index (χ1n) is 14.7. The number of hydrogen-bond donors (Lipinski definition) is 1. The molecular weight excluding hydrogens is 522 g/mol. The van der Waals surface area contributed by atoms with E-state index in [-0.39, 0.29) is 24.3 Å². The van der Waals surface area contributed by atoms with Gasteiger partial charge in [0.1, 0.15) is 6.04 Å². The summed E-state index contributed by atoms with van der Waals surface area (Å²) >= 11 is 1.67. The smallest absolute Gasteiger partial charge is 0.247 e. The first kappa shape index (κ1) is 30.4. The molecule has 2 bridgehead atoms. The molecule has 1 aromatic carbocycles. The Bertz CT molecular complexity index is 1110. The lowest BCUT2D eigenvalue weighted by Crippen LogP contribution is -2.57. The second-order valence-electron chi connectivity index (χ2n) is 11.6. The molecule has 6 atom stereocenters. The van der Waals surface area contributed by atoms with Crippen molar-refractivity contribution >= 4 is 35.2 Å². The van der Waals surface area contributed by atoms with Crippen LogP contribution >= 0.6 is 11.8 Å². The number of carbonyl (C=O) groups is 3. The van der Waals surface area contributed by atoms with Crippen molar-refractivity contribution in [1.29, 1.82) is 0 Å². The van der Waals surface area contributed by atoms with Crippen molar-refractivity contribution in [2.24, 2.45) is 11.8 Å². The third kappa shape index (κ3) is 5.02. The van der Waals surface area contributed by atoms with Crippen LogP contribution in [0.4, 0.5) is 5.69 Å². The Hall–Kier alpha value is -2.58. The lowest BCUT2D eigenvalue weighted by atomic mass is 9.66. The summed E-state index contributed by atoms with van der Waals surface area (Å²) in [6, 6.07) is 8.30. The van der Waals surface area contributed by atoms with Crippen LogP contribution in [0.2, 0.25) is 0 Å². The summed E-state index contributed by atoms with van der Waals surface area (Å²) in [5.41, 5.74) is 0.766. The highest BCUT2D eigenvalue weighted by atomic mass is 32.2. The maximum absolute atomic E-state index is 14.5. The molecule has 8 heteroatoms. The Balaban J connectivity index is 1.79. The van der Waals surface area contributed by atoms with Gasteiger partial charge in [0.2, 0.25) is 17.7 Å². The van der Waals surface area contributed by atoms with E-state index in [9.17, 15) is 19.5 Å². The van der Waals surface area contributed by atoms with Gasteiger partial charge in [0, 0.05) is 30.1 Å². The molecule has 1 N–H and O–H groups in total. The van der Waals surface area contributed by atoms with Gasteiger partial charge in [-0.15, -0.1) is 24.9 Å². The van der Waals surface area contributed by atoms with Gasteiger partial charge in [-0.3, -0.25) is 14.4 Å². The Morgan fingerprint density at radius 1 is 1.12 bits per heavy atom. The summed E-state index contributed by atoms with van der Waals surface area (Å²) in [5.74, 6) is -1.57. The van der Waals surface area contributed by atoms with Gasteiger partial charge in [-0.05, 0) is 44.7 Å². The number of rotatable bonds is 14. The Morgan fingerprint density at radius 2 is 1.82 bits per heavy atom. The van der Waals surface area contributed by atoms with E-state index < -0.39 is 33.4 Å². The molecule has 3 amide bonds. The number of para-hydroxylation sites is 1. The predicted molar refractivity (Wildman–Crippen MR) is 162 cm³/mol. The number of amides is 3. The fourth-order valence-electron chi connectivity index (χ4n) is 7.23. The zero-order valence-corrected chi connectivity index (χ0v) is 25.1. The molecule has 0 aliphatic carbocycles. The van der Waals surface area contributed by atoms with Gasteiger partial charge < -0.3 is 19.8 Å². The van der Waals surface area contributed by atoms with Crippen molar-refractivity contribution in [3.05, 3.63) is 55.6 Å². The van der Waals surface area contributed by atoms with E-state index in [1.165, 1.54) is 0 Å². The Morgan fingerprint density at radius 3 is 2.42 bits per heavy atom. The van der Waals surface area contributed by atoms with Crippen LogP contribution in [0.3, 0.4) is 0 Å². The summed E-state index contributed by atoms with van der Waals surface area (Å²) in [5, 5.41) is 10.4. The number of carbonyl (C=O) groups excluding carboxylic acids is 3. The Labute approximate surface area is 243 Å². The highest BCUT2D eigenvalue weighted by Crippen LogP contribution is 2.72. The normalized spacial score (nSPS) is 29.2. The summed E-state index contributed by atoms with van der Waals surface area (Å²) in [6.07, 6.45) is 8.34. The molecular formula is C32H45N3O4S. The molecule has 1 aromatic rings. The van der Waals surface area contributed by atoms with E-state index in [4.69, 9.17) is 0 Å². The monoisotopic (exact) mass is 567 g/mol. The lowest BCUT2D eigenvalue weighted by Gasteiger charge is -2.39. The average molecular weight is 568 g/mol. The minimum Gasteiger partial charge on any atom is -0.394 e. The van der Waals surface area contributed by atoms with E-state index in [0.29, 0.717) is 32.5 Å². The maximum Gasteiger partial charge on any atom is 0.247 e. The van der Waals surface area contributed by atoms with Crippen LogP contribution in [0.15, 0.2) is 55.6 Å². The van der Waals surface area contributed by atoms with E-state index >= 15 is 0 Å². The zero-order valence-electron chi connectivity index (χ0n) is 24.3. The van der Waals surface area contributed by atoms with E-state index in [1.807, 2.05) is 42.2 Å². The molecule has 3 saturated heterocycles. The molecule has 3 aliphatic rings. The maximum atomic E-state index is 14.5. The largest absolute Gasteiger partial charge is 0.394 e.